The standard InChI is InChI=1S/C22H18N6O2S/c1-14-6-8-15(9-7-14)28-20-16(12-24-28)21(30)27(13-23-20)11-10-19(29)26-22-25-17-4-2-3-5-18(17)31-22/h2-9,12-13H,10-11H2,1H3,(H,25,26,29). The van der Waals surface area contributed by atoms with Gasteiger partial charge in [0.1, 0.15) is 5.39 Å². The summed E-state index contributed by atoms with van der Waals surface area (Å²) in [6, 6.07) is 15.5. The van der Waals surface area contributed by atoms with Gasteiger partial charge in [-0.1, -0.05) is 41.2 Å². The number of nitrogens with zero attached hydrogens (tertiary/aromatic N) is 5. The van der Waals surface area contributed by atoms with Crippen molar-refractivity contribution < 1.29 is 4.79 Å². The molecule has 5 aromatic rings. The summed E-state index contributed by atoms with van der Waals surface area (Å²) in [5.41, 5.74) is 3.08. The summed E-state index contributed by atoms with van der Waals surface area (Å²) in [4.78, 5) is 34.0. The number of hydrogen-bond donors (Lipinski definition) is 1. The van der Waals surface area contributed by atoms with Gasteiger partial charge >= 0.3 is 0 Å². The van der Waals surface area contributed by atoms with Gasteiger partial charge in [0.15, 0.2) is 10.8 Å². The van der Waals surface area contributed by atoms with E-state index in [1.165, 1.54) is 28.4 Å². The highest BCUT2D eigenvalue weighted by molar-refractivity contribution is 7.22. The third kappa shape index (κ3) is 3.71. The number of carbonyl (C=O) groups is 1. The number of rotatable bonds is 5. The maximum absolute atomic E-state index is 12.8. The molecular weight excluding hydrogens is 412 g/mol. The molecular formula is C22H18N6O2S. The summed E-state index contributed by atoms with van der Waals surface area (Å²) in [5, 5.41) is 8.09. The van der Waals surface area contributed by atoms with E-state index < -0.39 is 0 Å². The lowest BCUT2D eigenvalue weighted by Gasteiger charge is -2.06. The van der Waals surface area contributed by atoms with Crippen LogP contribution >= 0.6 is 11.3 Å². The number of anilines is 1. The first-order valence-corrected chi connectivity index (χ1v) is 10.6. The van der Waals surface area contributed by atoms with Gasteiger partial charge in [-0.25, -0.2) is 14.6 Å². The van der Waals surface area contributed by atoms with E-state index in [1.54, 1.807) is 4.68 Å². The fraction of sp³-hybridized carbons (Fsp3) is 0.136. The van der Waals surface area contributed by atoms with Crippen molar-refractivity contribution in [3.8, 4) is 5.69 Å². The van der Waals surface area contributed by atoms with Gasteiger partial charge in [-0.05, 0) is 31.2 Å². The van der Waals surface area contributed by atoms with Crippen molar-refractivity contribution in [2.24, 2.45) is 0 Å². The Morgan fingerprint density at radius 1 is 1.13 bits per heavy atom. The van der Waals surface area contributed by atoms with Crippen LogP contribution in [0.1, 0.15) is 12.0 Å². The van der Waals surface area contributed by atoms with E-state index in [0.717, 1.165) is 21.5 Å². The van der Waals surface area contributed by atoms with E-state index in [0.29, 0.717) is 16.2 Å². The van der Waals surface area contributed by atoms with Gasteiger partial charge in [-0.3, -0.25) is 14.2 Å². The number of carbonyl (C=O) groups excluding carboxylic acids is 1. The zero-order valence-electron chi connectivity index (χ0n) is 16.6. The molecule has 0 aliphatic heterocycles. The van der Waals surface area contributed by atoms with Crippen LogP contribution in [-0.2, 0) is 11.3 Å². The topological polar surface area (TPSA) is 94.7 Å². The third-order valence-corrected chi connectivity index (χ3v) is 5.90. The predicted octanol–water partition coefficient (Wildman–Crippen LogP) is 3.53. The lowest BCUT2D eigenvalue weighted by atomic mass is 10.2. The smallest absolute Gasteiger partial charge is 0.264 e. The predicted molar refractivity (Wildman–Crippen MR) is 121 cm³/mol. The summed E-state index contributed by atoms with van der Waals surface area (Å²) in [7, 11) is 0. The normalized spacial score (nSPS) is 11.3. The van der Waals surface area contributed by atoms with Crippen molar-refractivity contribution in [3.05, 3.63) is 77.0 Å². The molecule has 31 heavy (non-hydrogen) atoms. The Morgan fingerprint density at radius 2 is 1.94 bits per heavy atom. The Morgan fingerprint density at radius 3 is 2.74 bits per heavy atom. The summed E-state index contributed by atoms with van der Waals surface area (Å²) in [6.45, 7) is 2.23. The van der Waals surface area contributed by atoms with Gasteiger partial charge in [0.25, 0.3) is 5.56 Å². The van der Waals surface area contributed by atoms with Crippen molar-refractivity contribution in [1.82, 2.24) is 24.3 Å². The number of aromatic nitrogens is 5. The van der Waals surface area contributed by atoms with E-state index in [-0.39, 0.29) is 24.4 Å². The van der Waals surface area contributed by atoms with Crippen LogP contribution in [-0.4, -0.2) is 30.2 Å². The van der Waals surface area contributed by atoms with Gasteiger partial charge in [-0.15, -0.1) is 0 Å². The largest absolute Gasteiger partial charge is 0.302 e. The van der Waals surface area contributed by atoms with Crippen molar-refractivity contribution >= 4 is 43.6 Å². The second-order valence-electron chi connectivity index (χ2n) is 7.16. The first-order chi connectivity index (χ1) is 15.1. The average Bonchev–Trinajstić information content (AvgIpc) is 3.38. The lowest BCUT2D eigenvalue weighted by Crippen LogP contribution is -2.23. The van der Waals surface area contributed by atoms with E-state index in [2.05, 4.69) is 20.4 Å². The van der Waals surface area contributed by atoms with Crippen molar-refractivity contribution in [1.29, 1.82) is 0 Å². The number of thiazole rings is 1. The van der Waals surface area contributed by atoms with E-state index in [1.807, 2.05) is 55.5 Å². The zero-order chi connectivity index (χ0) is 21.4. The highest BCUT2D eigenvalue weighted by Crippen LogP contribution is 2.25. The highest BCUT2D eigenvalue weighted by Gasteiger charge is 2.13. The number of nitrogens with one attached hydrogen (secondary N) is 1. The zero-order valence-corrected chi connectivity index (χ0v) is 17.5. The molecule has 2 aromatic carbocycles. The highest BCUT2D eigenvalue weighted by atomic mass is 32.1. The quantitative estimate of drug-likeness (QED) is 0.460. The summed E-state index contributed by atoms with van der Waals surface area (Å²) < 4.78 is 4.08. The number of para-hydroxylation sites is 1. The molecule has 1 N–H and O–H groups in total. The Kier molecular flexibility index (Phi) is 4.79. The Hall–Kier alpha value is -3.85. The molecule has 0 saturated heterocycles. The molecule has 9 heteroatoms. The third-order valence-electron chi connectivity index (χ3n) is 4.95. The summed E-state index contributed by atoms with van der Waals surface area (Å²) >= 11 is 1.42. The Bertz CT molecular complexity index is 1430. The van der Waals surface area contributed by atoms with Crippen LogP contribution in [0.4, 0.5) is 5.13 Å². The molecule has 0 saturated carbocycles. The first kappa shape index (κ1) is 19.1. The minimum atomic E-state index is -0.226. The number of aryl methyl sites for hydroxylation is 2. The van der Waals surface area contributed by atoms with Crippen LogP contribution < -0.4 is 10.9 Å². The van der Waals surface area contributed by atoms with Crippen LogP contribution in [0.5, 0.6) is 0 Å². The van der Waals surface area contributed by atoms with Crippen LogP contribution in [0.15, 0.2) is 65.8 Å². The average molecular weight is 430 g/mol. The van der Waals surface area contributed by atoms with Crippen molar-refractivity contribution in [2.45, 2.75) is 19.9 Å². The van der Waals surface area contributed by atoms with E-state index in [4.69, 9.17) is 0 Å². The fourth-order valence-corrected chi connectivity index (χ4v) is 4.19. The van der Waals surface area contributed by atoms with Crippen LogP contribution in [0, 0.1) is 6.92 Å². The van der Waals surface area contributed by atoms with Gasteiger partial charge in [-0.2, -0.15) is 5.10 Å². The molecule has 0 atom stereocenters. The van der Waals surface area contributed by atoms with E-state index >= 15 is 0 Å². The minimum absolute atomic E-state index is 0.134. The van der Waals surface area contributed by atoms with Gasteiger partial charge in [0, 0.05) is 13.0 Å². The molecule has 3 heterocycles. The molecule has 0 fully saturated rings. The molecule has 5 rings (SSSR count). The first-order valence-electron chi connectivity index (χ1n) is 9.74. The molecule has 3 aromatic heterocycles. The molecule has 154 valence electrons. The Labute approximate surface area is 180 Å². The van der Waals surface area contributed by atoms with E-state index in [9.17, 15) is 9.59 Å². The summed E-state index contributed by atoms with van der Waals surface area (Å²) in [6.07, 6.45) is 3.11. The molecule has 0 spiro atoms. The van der Waals surface area contributed by atoms with Crippen LogP contribution in [0.25, 0.3) is 26.9 Å². The maximum Gasteiger partial charge on any atom is 0.264 e. The fourth-order valence-electron chi connectivity index (χ4n) is 3.31. The molecule has 0 aliphatic rings. The number of fused-ring (bicyclic) bond motifs is 2. The second-order valence-corrected chi connectivity index (χ2v) is 8.19. The molecule has 0 aliphatic carbocycles. The maximum atomic E-state index is 12.8. The van der Waals surface area contributed by atoms with Crippen molar-refractivity contribution in [3.63, 3.8) is 0 Å². The molecule has 0 unspecified atom stereocenters. The minimum Gasteiger partial charge on any atom is -0.302 e. The van der Waals surface area contributed by atoms with Gasteiger partial charge in [0.05, 0.1) is 28.4 Å². The number of amides is 1. The Balaban J connectivity index is 1.32. The lowest BCUT2D eigenvalue weighted by molar-refractivity contribution is -0.116. The van der Waals surface area contributed by atoms with Crippen LogP contribution in [0.2, 0.25) is 0 Å². The SMILES string of the molecule is Cc1ccc(-n2ncc3c(=O)n(CCC(=O)Nc4nc5ccccc5s4)cnc32)cc1. The van der Waals surface area contributed by atoms with Gasteiger partial charge < -0.3 is 5.32 Å². The molecule has 0 radical (unpaired) electrons. The number of benzene rings is 2. The van der Waals surface area contributed by atoms with Crippen molar-refractivity contribution in [2.75, 3.05) is 5.32 Å². The molecule has 0 bridgehead atoms. The van der Waals surface area contributed by atoms with Gasteiger partial charge in [0.2, 0.25) is 5.91 Å². The molecule has 1 amide bonds. The second kappa shape index (κ2) is 7.77. The summed E-state index contributed by atoms with van der Waals surface area (Å²) in [5.74, 6) is -0.207. The molecule has 8 nitrogen and oxygen atoms in total. The monoisotopic (exact) mass is 430 g/mol. The van der Waals surface area contributed by atoms with Crippen LogP contribution in [0.3, 0.4) is 0 Å². The number of hydrogen-bond acceptors (Lipinski definition) is 6.